The van der Waals surface area contributed by atoms with Crippen molar-refractivity contribution in [3.8, 4) is 6.07 Å². The van der Waals surface area contributed by atoms with Crippen molar-refractivity contribution in [3.05, 3.63) is 33.3 Å². The summed E-state index contributed by atoms with van der Waals surface area (Å²) >= 11 is 5.85. The van der Waals surface area contributed by atoms with Crippen LogP contribution in [-0.4, -0.2) is 29.4 Å². The van der Waals surface area contributed by atoms with Gasteiger partial charge in [-0.15, -0.1) is 0 Å². The monoisotopic (exact) mass is 282 g/mol. The molecule has 1 N–H and O–H groups in total. The van der Waals surface area contributed by atoms with Gasteiger partial charge < -0.3 is 10.2 Å². The number of nitro groups is 1. The number of nitrogens with zero attached hydrogens (tertiary/aromatic N) is 3. The summed E-state index contributed by atoms with van der Waals surface area (Å²) in [5.74, 6) is 0. The molecule has 1 aromatic carbocycles. The van der Waals surface area contributed by atoms with Gasteiger partial charge in [-0.1, -0.05) is 11.6 Å². The lowest BCUT2D eigenvalue weighted by Gasteiger charge is -2.16. The predicted molar refractivity (Wildman–Crippen MR) is 70.0 cm³/mol. The molecule has 19 heavy (non-hydrogen) atoms. The van der Waals surface area contributed by atoms with Gasteiger partial charge in [0.1, 0.15) is 0 Å². The van der Waals surface area contributed by atoms with Crippen LogP contribution in [0, 0.1) is 21.4 Å². The Kier molecular flexibility index (Phi) is 5.09. The number of rotatable bonds is 4. The summed E-state index contributed by atoms with van der Waals surface area (Å²) in [7, 11) is 1.51. The molecule has 0 unspecified atom stereocenters. The summed E-state index contributed by atoms with van der Waals surface area (Å²) in [6.45, 7) is 0.259. The molecule has 0 radical (unpaired) electrons. The van der Waals surface area contributed by atoms with Crippen LogP contribution < -0.4 is 5.32 Å². The predicted octanol–water partition coefficient (Wildman–Crippen LogP) is 2.63. The number of anilines is 1. The zero-order chi connectivity index (χ0) is 14.4. The van der Waals surface area contributed by atoms with Crippen LogP contribution in [0.2, 0.25) is 5.02 Å². The summed E-state index contributed by atoms with van der Waals surface area (Å²) in [5.41, 5.74) is -0.0101. The fraction of sp³-hybridized carbons (Fsp3) is 0.273. The molecule has 0 saturated heterocycles. The Balaban J connectivity index is 2.81. The lowest BCUT2D eigenvalue weighted by molar-refractivity contribution is -0.384. The largest absolute Gasteiger partial charge is 0.327 e. The Labute approximate surface area is 114 Å². The molecule has 0 heterocycles. The second kappa shape index (κ2) is 6.56. The minimum absolute atomic E-state index is 0.157. The molecule has 0 fully saturated rings. The van der Waals surface area contributed by atoms with Gasteiger partial charge in [0, 0.05) is 25.7 Å². The van der Waals surface area contributed by atoms with Crippen molar-refractivity contribution >= 4 is 29.0 Å². The number of nitro benzene ring substituents is 1. The van der Waals surface area contributed by atoms with Gasteiger partial charge in [-0.05, 0) is 6.07 Å². The molecule has 0 spiro atoms. The summed E-state index contributed by atoms with van der Waals surface area (Å²) in [6, 6.07) is 5.19. The third-order valence-electron chi connectivity index (χ3n) is 2.31. The van der Waals surface area contributed by atoms with Crippen LogP contribution in [0.15, 0.2) is 18.2 Å². The van der Waals surface area contributed by atoms with Crippen LogP contribution in [-0.2, 0) is 0 Å². The molecule has 0 aliphatic rings. The maximum absolute atomic E-state index is 11.7. The quantitative estimate of drug-likeness (QED) is 0.677. The third-order valence-corrected chi connectivity index (χ3v) is 2.64. The van der Waals surface area contributed by atoms with Gasteiger partial charge in [-0.3, -0.25) is 10.1 Å². The maximum atomic E-state index is 11.7. The lowest BCUT2D eigenvalue weighted by atomic mass is 10.3. The topological polar surface area (TPSA) is 99.3 Å². The van der Waals surface area contributed by atoms with E-state index in [2.05, 4.69) is 5.32 Å². The van der Waals surface area contributed by atoms with Crippen LogP contribution in [0.3, 0.4) is 0 Å². The van der Waals surface area contributed by atoms with Crippen LogP contribution >= 0.6 is 11.6 Å². The van der Waals surface area contributed by atoms with E-state index in [9.17, 15) is 14.9 Å². The highest BCUT2D eigenvalue weighted by Gasteiger charge is 2.14. The highest BCUT2D eigenvalue weighted by molar-refractivity contribution is 6.33. The van der Waals surface area contributed by atoms with E-state index in [-0.39, 0.29) is 29.4 Å². The van der Waals surface area contributed by atoms with Gasteiger partial charge in [0.15, 0.2) is 0 Å². The number of hydrogen-bond donors (Lipinski definition) is 1. The van der Waals surface area contributed by atoms with Gasteiger partial charge >= 0.3 is 6.03 Å². The molecule has 7 nitrogen and oxygen atoms in total. The Morgan fingerprint density at radius 2 is 2.32 bits per heavy atom. The molecular formula is C11H11ClN4O3. The van der Waals surface area contributed by atoms with Crippen LogP contribution in [0.5, 0.6) is 0 Å². The van der Waals surface area contributed by atoms with Crippen molar-refractivity contribution in [1.82, 2.24) is 4.90 Å². The molecule has 2 amide bonds. The van der Waals surface area contributed by atoms with E-state index in [0.29, 0.717) is 0 Å². The molecule has 1 rings (SSSR count). The fourth-order valence-corrected chi connectivity index (χ4v) is 1.42. The molecule has 0 saturated carbocycles. The molecule has 0 aliphatic carbocycles. The van der Waals surface area contributed by atoms with E-state index < -0.39 is 11.0 Å². The number of hydrogen-bond acceptors (Lipinski definition) is 4. The third kappa shape index (κ3) is 4.12. The number of benzene rings is 1. The van der Waals surface area contributed by atoms with Gasteiger partial charge in [0.25, 0.3) is 5.69 Å². The number of amides is 2. The van der Waals surface area contributed by atoms with Gasteiger partial charge in [-0.25, -0.2) is 4.79 Å². The highest BCUT2D eigenvalue weighted by atomic mass is 35.5. The van der Waals surface area contributed by atoms with E-state index in [4.69, 9.17) is 16.9 Å². The first-order chi connectivity index (χ1) is 8.95. The smallest absolute Gasteiger partial charge is 0.321 e. The summed E-state index contributed by atoms with van der Waals surface area (Å²) < 4.78 is 0. The molecule has 0 aromatic heterocycles. The zero-order valence-corrected chi connectivity index (χ0v) is 10.8. The number of urea groups is 1. The van der Waals surface area contributed by atoms with Crippen molar-refractivity contribution in [2.45, 2.75) is 6.42 Å². The van der Waals surface area contributed by atoms with E-state index in [1.54, 1.807) is 0 Å². The minimum atomic E-state index is -0.578. The number of nitriles is 1. The molecule has 0 bridgehead atoms. The molecule has 1 aromatic rings. The van der Waals surface area contributed by atoms with Crippen molar-refractivity contribution in [2.24, 2.45) is 0 Å². The summed E-state index contributed by atoms with van der Waals surface area (Å²) in [4.78, 5) is 23.1. The average Bonchev–Trinajstić information content (AvgIpc) is 2.38. The Morgan fingerprint density at radius 3 is 2.89 bits per heavy atom. The van der Waals surface area contributed by atoms with E-state index in [1.165, 1.54) is 30.1 Å². The van der Waals surface area contributed by atoms with E-state index >= 15 is 0 Å². The minimum Gasteiger partial charge on any atom is -0.327 e. The standard InChI is InChI=1S/C11H11ClN4O3/c1-15(6-2-5-13)11(17)14-10-7-8(16(18)19)3-4-9(10)12/h3-4,7H,2,6H2,1H3,(H,14,17). The summed E-state index contributed by atoms with van der Waals surface area (Å²) in [6.07, 6.45) is 0.201. The lowest BCUT2D eigenvalue weighted by Crippen LogP contribution is -2.32. The zero-order valence-electron chi connectivity index (χ0n) is 10.1. The fourth-order valence-electron chi connectivity index (χ4n) is 1.25. The SMILES string of the molecule is CN(CCC#N)C(=O)Nc1cc([N+](=O)[O-])ccc1Cl. The Bertz CT molecular complexity index is 541. The number of halogens is 1. The molecule has 8 heteroatoms. The van der Waals surface area contributed by atoms with Gasteiger partial charge in [0.05, 0.1) is 28.1 Å². The Hall–Kier alpha value is -2.33. The number of carbonyl (C=O) groups is 1. The van der Waals surface area contributed by atoms with Crippen molar-refractivity contribution in [2.75, 3.05) is 18.9 Å². The number of non-ortho nitro benzene ring substituents is 1. The van der Waals surface area contributed by atoms with Crippen molar-refractivity contribution < 1.29 is 9.72 Å². The number of carbonyl (C=O) groups excluding carboxylic acids is 1. The normalized spacial score (nSPS) is 9.53. The highest BCUT2D eigenvalue weighted by Crippen LogP contribution is 2.26. The first kappa shape index (κ1) is 14.7. The second-order valence-corrected chi connectivity index (χ2v) is 4.09. The van der Waals surface area contributed by atoms with E-state index in [0.717, 1.165) is 0 Å². The maximum Gasteiger partial charge on any atom is 0.321 e. The molecule has 100 valence electrons. The van der Waals surface area contributed by atoms with Crippen molar-refractivity contribution in [3.63, 3.8) is 0 Å². The first-order valence-electron chi connectivity index (χ1n) is 5.28. The Morgan fingerprint density at radius 1 is 1.63 bits per heavy atom. The average molecular weight is 283 g/mol. The second-order valence-electron chi connectivity index (χ2n) is 3.68. The number of nitrogens with one attached hydrogen (secondary N) is 1. The molecule has 0 atom stereocenters. The van der Waals surface area contributed by atoms with Crippen LogP contribution in [0.1, 0.15) is 6.42 Å². The van der Waals surface area contributed by atoms with Crippen LogP contribution in [0.4, 0.5) is 16.2 Å². The molecule has 0 aliphatic heterocycles. The van der Waals surface area contributed by atoms with Crippen molar-refractivity contribution in [1.29, 1.82) is 5.26 Å². The summed E-state index contributed by atoms with van der Waals surface area (Å²) in [5, 5.41) is 21.7. The van der Waals surface area contributed by atoms with Gasteiger partial charge in [-0.2, -0.15) is 5.26 Å². The van der Waals surface area contributed by atoms with E-state index in [1.807, 2.05) is 6.07 Å². The van der Waals surface area contributed by atoms with Crippen LogP contribution in [0.25, 0.3) is 0 Å². The first-order valence-corrected chi connectivity index (χ1v) is 5.66. The van der Waals surface area contributed by atoms with Gasteiger partial charge in [0.2, 0.25) is 0 Å². The molecular weight excluding hydrogens is 272 g/mol.